The highest BCUT2D eigenvalue weighted by atomic mass is 32.2. The molecule has 0 saturated carbocycles. The van der Waals surface area contributed by atoms with Crippen LogP contribution in [0.5, 0.6) is 0 Å². The molecule has 0 spiro atoms. The van der Waals surface area contributed by atoms with Crippen LogP contribution in [0.25, 0.3) is 5.13 Å². The first-order chi connectivity index (χ1) is 11.1. The van der Waals surface area contributed by atoms with Crippen molar-refractivity contribution in [1.29, 1.82) is 0 Å². The Hall–Kier alpha value is -1.92. The van der Waals surface area contributed by atoms with Crippen LogP contribution in [0.15, 0.2) is 46.8 Å². The largest absolute Gasteiger partial charge is 0.294 e. The lowest BCUT2D eigenvalue weighted by molar-refractivity contribution is 0.102. The summed E-state index contributed by atoms with van der Waals surface area (Å²) >= 11 is 2.75. The molecule has 0 saturated heterocycles. The molecule has 0 amide bonds. The standard InChI is InChI=1S/C17H15FN2OS2/c1-11-9-13(12(2)20(11)17-19-7-8-22-17)15(21)10-23-16-6-4-3-5-14(16)18/h3-9H,10H2,1-2H3. The minimum Gasteiger partial charge on any atom is -0.294 e. The zero-order valence-corrected chi connectivity index (χ0v) is 14.4. The third-order valence-corrected chi connectivity index (χ3v) is 5.34. The van der Waals surface area contributed by atoms with Crippen molar-refractivity contribution in [3.63, 3.8) is 0 Å². The van der Waals surface area contributed by atoms with Crippen LogP contribution in [0, 0.1) is 19.7 Å². The van der Waals surface area contributed by atoms with Crippen molar-refractivity contribution >= 4 is 28.9 Å². The summed E-state index contributed by atoms with van der Waals surface area (Å²) in [6, 6.07) is 8.38. The number of aryl methyl sites for hydroxylation is 1. The molecule has 0 aliphatic rings. The Labute approximate surface area is 142 Å². The van der Waals surface area contributed by atoms with Gasteiger partial charge < -0.3 is 0 Å². The van der Waals surface area contributed by atoms with Gasteiger partial charge in [-0.1, -0.05) is 12.1 Å². The van der Waals surface area contributed by atoms with E-state index in [1.54, 1.807) is 24.4 Å². The smallest absolute Gasteiger partial charge is 0.193 e. The molecule has 3 aromatic rings. The average molecular weight is 346 g/mol. The molecule has 0 unspecified atom stereocenters. The number of nitrogens with zero attached hydrogens (tertiary/aromatic N) is 2. The van der Waals surface area contributed by atoms with Crippen molar-refractivity contribution < 1.29 is 9.18 Å². The van der Waals surface area contributed by atoms with Crippen molar-refractivity contribution in [2.45, 2.75) is 18.7 Å². The highest BCUT2D eigenvalue weighted by Crippen LogP contribution is 2.26. The number of ketones is 1. The zero-order valence-electron chi connectivity index (χ0n) is 12.7. The van der Waals surface area contributed by atoms with Gasteiger partial charge in [-0.2, -0.15) is 0 Å². The summed E-state index contributed by atoms with van der Waals surface area (Å²) in [6.07, 6.45) is 1.74. The fourth-order valence-corrected chi connectivity index (χ4v) is 4.02. The number of thioether (sulfide) groups is 1. The highest BCUT2D eigenvalue weighted by molar-refractivity contribution is 8.00. The molecule has 2 heterocycles. The third kappa shape index (κ3) is 3.23. The van der Waals surface area contributed by atoms with Crippen molar-refractivity contribution in [2.75, 3.05) is 5.75 Å². The van der Waals surface area contributed by atoms with Crippen LogP contribution in [-0.4, -0.2) is 21.1 Å². The van der Waals surface area contributed by atoms with E-state index in [9.17, 15) is 9.18 Å². The maximum atomic E-state index is 13.6. The molecular weight excluding hydrogens is 331 g/mol. The summed E-state index contributed by atoms with van der Waals surface area (Å²) in [5.41, 5.74) is 2.51. The van der Waals surface area contributed by atoms with Crippen molar-refractivity contribution in [2.24, 2.45) is 0 Å². The molecule has 0 N–H and O–H groups in total. The first kappa shape index (κ1) is 16.0. The van der Waals surface area contributed by atoms with E-state index in [0.717, 1.165) is 16.5 Å². The zero-order chi connectivity index (χ0) is 16.4. The van der Waals surface area contributed by atoms with Crippen molar-refractivity contribution in [3.05, 3.63) is 64.7 Å². The lowest BCUT2D eigenvalue weighted by Gasteiger charge is -2.06. The Balaban J connectivity index is 1.81. The molecular formula is C17H15FN2OS2. The summed E-state index contributed by atoms with van der Waals surface area (Å²) in [7, 11) is 0. The van der Waals surface area contributed by atoms with Crippen LogP contribution in [-0.2, 0) is 0 Å². The van der Waals surface area contributed by atoms with Gasteiger partial charge in [0.1, 0.15) is 5.82 Å². The Morgan fingerprint density at radius 1 is 1.35 bits per heavy atom. The Morgan fingerprint density at radius 3 is 2.83 bits per heavy atom. The minimum atomic E-state index is -0.293. The first-order valence-corrected chi connectivity index (χ1v) is 8.94. The summed E-state index contributed by atoms with van der Waals surface area (Å²) < 4.78 is 15.6. The van der Waals surface area contributed by atoms with Crippen LogP contribution in [0.2, 0.25) is 0 Å². The summed E-state index contributed by atoms with van der Waals surface area (Å²) in [5, 5.41) is 2.75. The molecule has 0 fully saturated rings. The quantitative estimate of drug-likeness (QED) is 0.498. The van der Waals surface area contributed by atoms with E-state index < -0.39 is 0 Å². The number of thiazole rings is 1. The SMILES string of the molecule is Cc1cc(C(=O)CSc2ccccc2F)c(C)n1-c1nccs1. The number of aromatic nitrogens is 2. The number of carbonyl (C=O) groups excluding carboxylic acids is 1. The summed E-state index contributed by atoms with van der Waals surface area (Å²) in [5.74, 6) is -0.0870. The average Bonchev–Trinajstić information content (AvgIpc) is 3.14. The van der Waals surface area contributed by atoms with Crippen LogP contribution in [0.1, 0.15) is 21.7 Å². The highest BCUT2D eigenvalue weighted by Gasteiger charge is 2.18. The fourth-order valence-electron chi connectivity index (χ4n) is 2.45. The van der Waals surface area contributed by atoms with E-state index in [4.69, 9.17) is 0 Å². The Kier molecular flexibility index (Phi) is 4.63. The fraction of sp³-hybridized carbons (Fsp3) is 0.176. The maximum Gasteiger partial charge on any atom is 0.193 e. The predicted octanol–water partition coefficient (Wildman–Crippen LogP) is 4.66. The van der Waals surface area contributed by atoms with Crippen LogP contribution < -0.4 is 0 Å². The molecule has 3 rings (SSSR count). The third-order valence-electron chi connectivity index (χ3n) is 3.54. The number of rotatable bonds is 5. The van der Waals surface area contributed by atoms with E-state index in [0.29, 0.717) is 10.5 Å². The molecule has 0 bridgehead atoms. The number of hydrogen-bond donors (Lipinski definition) is 0. The van der Waals surface area contributed by atoms with Gasteiger partial charge in [0.25, 0.3) is 0 Å². The van der Waals surface area contributed by atoms with E-state index in [1.807, 2.05) is 29.9 Å². The lowest BCUT2D eigenvalue weighted by Crippen LogP contribution is -2.05. The predicted molar refractivity (Wildman–Crippen MR) is 92.4 cm³/mol. The van der Waals surface area contributed by atoms with Crippen LogP contribution in [0.3, 0.4) is 0 Å². The molecule has 0 aliphatic heterocycles. The molecule has 0 atom stereocenters. The number of carbonyl (C=O) groups is 1. The topological polar surface area (TPSA) is 34.9 Å². The molecule has 3 nitrogen and oxygen atoms in total. The van der Waals surface area contributed by atoms with Gasteiger partial charge in [0.05, 0.1) is 5.75 Å². The molecule has 23 heavy (non-hydrogen) atoms. The monoisotopic (exact) mass is 346 g/mol. The Bertz CT molecular complexity index is 840. The van der Waals surface area contributed by atoms with Crippen molar-refractivity contribution in [3.8, 4) is 5.13 Å². The second-order valence-corrected chi connectivity index (χ2v) is 6.97. The van der Waals surface area contributed by atoms with Gasteiger partial charge in [-0.15, -0.1) is 23.1 Å². The number of benzene rings is 1. The maximum absolute atomic E-state index is 13.6. The molecule has 2 aromatic heterocycles. The second-order valence-electron chi connectivity index (χ2n) is 5.08. The minimum absolute atomic E-state index is 0.00541. The van der Waals surface area contributed by atoms with Gasteiger partial charge in [0, 0.05) is 33.4 Å². The Morgan fingerprint density at radius 2 is 2.13 bits per heavy atom. The van der Waals surface area contributed by atoms with Gasteiger partial charge in [0.2, 0.25) is 0 Å². The van der Waals surface area contributed by atoms with E-state index in [1.165, 1.54) is 29.2 Å². The van der Waals surface area contributed by atoms with Gasteiger partial charge in [-0.3, -0.25) is 9.36 Å². The second kappa shape index (κ2) is 6.68. The molecule has 6 heteroatoms. The molecule has 0 radical (unpaired) electrons. The van der Waals surface area contributed by atoms with Crippen molar-refractivity contribution in [1.82, 2.24) is 9.55 Å². The van der Waals surface area contributed by atoms with Gasteiger partial charge >= 0.3 is 0 Å². The van der Waals surface area contributed by atoms with E-state index >= 15 is 0 Å². The number of Topliss-reactive ketones (excluding diaryl/α,β-unsaturated/α-hetero) is 1. The first-order valence-electron chi connectivity index (χ1n) is 7.07. The summed E-state index contributed by atoms with van der Waals surface area (Å²) in [6.45, 7) is 3.87. The number of halogens is 1. The molecule has 0 aliphatic carbocycles. The number of hydrogen-bond acceptors (Lipinski definition) is 4. The van der Waals surface area contributed by atoms with Gasteiger partial charge in [0.15, 0.2) is 10.9 Å². The normalized spacial score (nSPS) is 10.9. The van der Waals surface area contributed by atoms with E-state index in [-0.39, 0.29) is 17.4 Å². The van der Waals surface area contributed by atoms with E-state index in [2.05, 4.69) is 4.98 Å². The van der Waals surface area contributed by atoms with Gasteiger partial charge in [-0.25, -0.2) is 9.37 Å². The van der Waals surface area contributed by atoms with Crippen LogP contribution >= 0.6 is 23.1 Å². The molecule has 1 aromatic carbocycles. The van der Waals surface area contributed by atoms with Crippen LogP contribution in [0.4, 0.5) is 4.39 Å². The van der Waals surface area contributed by atoms with Gasteiger partial charge in [-0.05, 0) is 32.0 Å². The summed E-state index contributed by atoms with van der Waals surface area (Å²) in [4.78, 5) is 17.3. The molecule has 118 valence electrons. The lowest BCUT2D eigenvalue weighted by atomic mass is 10.2.